The van der Waals surface area contributed by atoms with Gasteiger partial charge in [0.1, 0.15) is 0 Å². The SMILES string of the molecule is CCCCC(CC)(CC)c1ccccc1C. The van der Waals surface area contributed by atoms with Crippen LogP contribution in [0.15, 0.2) is 24.3 Å². The Morgan fingerprint density at radius 2 is 1.62 bits per heavy atom. The van der Waals surface area contributed by atoms with Crippen molar-refractivity contribution in [3.63, 3.8) is 0 Å². The van der Waals surface area contributed by atoms with Gasteiger partial charge in [-0.2, -0.15) is 0 Å². The Bertz CT molecular complexity index is 308. The zero-order valence-electron chi connectivity index (χ0n) is 11.3. The molecule has 0 aliphatic heterocycles. The van der Waals surface area contributed by atoms with E-state index >= 15 is 0 Å². The lowest BCUT2D eigenvalue weighted by atomic mass is 9.71. The summed E-state index contributed by atoms with van der Waals surface area (Å²) in [5, 5.41) is 0. The first-order chi connectivity index (χ1) is 7.70. The van der Waals surface area contributed by atoms with Crippen molar-refractivity contribution in [3.8, 4) is 0 Å². The fourth-order valence-corrected chi connectivity index (χ4v) is 2.80. The molecule has 1 aromatic rings. The van der Waals surface area contributed by atoms with E-state index in [1.807, 2.05) is 0 Å². The minimum atomic E-state index is 0.418. The summed E-state index contributed by atoms with van der Waals surface area (Å²) in [4.78, 5) is 0. The molecule has 1 aromatic carbocycles. The molecular formula is C16H26. The molecule has 0 nitrogen and oxygen atoms in total. The summed E-state index contributed by atoms with van der Waals surface area (Å²) < 4.78 is 0. The van der Waals surface area contributed by atoms with Gasteiger partial charge in [0.15, 0.2) is 0 Å². The standard InChI is InChI=1S/C16H26/c1-5-8-13-16(6-2,7-3)15-12-10-9-11-14(15)4/h9-12H,5-8,13H2,1-4H3. The summed E-state index contributed by atoms with van der Waals surface area (Å²) in [6.45, 7) is 9.21. The molecular weight excluding hydrogens is 192 g/mol. The summed E-state index contributed by atoms with van der Waals surface area (Å²) in [6, 6.07) is 8.92. The Morgan fingerprint density at radius 3 is 2.12 bits per heavy atom. The number of aryl methyl sites for hydroxylation is 1. The highest BCUT2D eigenvalue weighted by molar-refractivity contribution is 5.33. The molecule has 0 aromatic heterocycles. The lowest BCUT2D eigenvalue weighted by Gasteiger charge is -2.34. The Labute approximate surface area is 101 Å². The van der Waals surface area contributed by atoms with E-state index in [0.29, 0.717) is 5.41 Å². The number of benzene rings is 1. The van der Waals surface area contributed by atoms with Gasteiger partial charge in [0.2, 0.25) is 0 Å². The van der Waals surface area contributed by atoms with Crippen LogP contribution in [0, 0.1) is 6.92 Å². The summed E-state index contributed by atoms with van der Waals surface area (Å²) in [6.07, 6.45) is 6.49. The van der Waals surface area contributed by atoms with Crippen LogP contribution in [0.2, 0.25) is 0 Å². The first kappa shape index (κ1) is 13.3. The largest absolute Gasteiger partial charge is 0.0654 e. The van der Waals surface area contributed by atoms with E-state index in [2.05, 4.69) is 52.0 Å². The number of hydrogen-bond acceptors (Lipinski definition) is 0. The number of unbranched alkanes of at least 4 members (excludes halogenated alkanes) is 1. The van der Waals surface area contributed by atoms with Crippen molar-refractivity contribution in [2.45, 2.75) is 65.2 Å². The fourth-order valence-electron chi connectivity index (χ4n) is 2.80. The molecule has 0 N–H and O–H groups in total. The topological polar surface area (TPSA) is 0 Å². The third kappa shape index (κ3) is 2.66. The average molecular weight is 218 g/mol. The lowest BCUT2D eigenvalue weighted by molar-refractivity contribution is 0.352. The molecule has 0 saturated heterocycles. The van der Waals surface area contributed by atoms with Crippen LogP contribution in [-0.2, 0) is 5.41 Å². The van der Waals surface area contributed by atoms with Crippen molar-refractivity contribution >= 4 is 0 Å². The van der Waals surface area contributed by atoms with Crippen LogP contribution in [0.1, 0.15) is 64.0 Å². The highest BCUT2D eigenvalue weighted by atomic mass is 14.3. The highest BCUT2D eigenvalue weighted by Crippen LogP contribution is 2.38. The minimum Gasteiger partial charge on any atom is -0.0654 e. The minimum absolute atomic E-state index is 0.418. The Kier molecular flexibility index (Phi) is 5.05. The molecule has 0 bridgehead atoms. The van der Waals surface area contributed by atoms with Crippen molar-refractivity contribution in [1.29, 1.82) is 0 Å². The van der Waals surface area contributed by atoms with Crippen molar-refractivity contribution in [2.24, 2.45) is 0 Å². The molecule has 0 aliphatic rings. The van der Waals surface area contributed by atoms with Gasteiger partial charge in [0.25, 0.3) is 0 Å². The van der Waals surface area contributed by atoms with Gasteiger partial charge in [-0.25, -0.2) is 0 Å². The summed E-state index contributed by atoms with van der Waals surface area (Å²) in [5.41, 5.74) is 3.46. The van der Waals surface area contributed by atoms with Crippen LogP contribution in [0.5, 0.6) is 0 Å². The van der Waals surface area contributed by atoms with Crippen LogP contribution in [0.25, 0.3) is 0 Å². The maximum absolute atomic E-state index is 2.34. The monoisotopic (exact) mass is 218 g/mol. The molecule has 0 heterocycles. The van der Waals surface area contributed by atoms with E-state index in [1.165, 1.54) is 37.7 Å². The predicted molar refractivity (Wildman–Crippen MR) is 73.0 cm³/mol. The van der Waals surface area contributed by atoms with Gasteiger partial charge in [-0.3, -0.25) is 0 Å². The summed E-state index contributed by atoms with van der Waals surface area (Å²) in [5.74, 6) is 0. The smallest absolute Gasteiger partial charge is 0.00496 e. The first-order valence-corrected chi connectivity index (χ1v) is 6.76. The van der Waals surface area contributed by atoms with Crippen molar-refractivity contribution in [1.82, 2.24) is 0 Å². The Hall–Kier alpha value is -0.780. The van der Waals surface area contributed by atoms with Gasteiger partial charge >= 0.3 is 0 Å². The van der Waals surface area contributed by atoms with Crippen LogP contribution in [0.3, 0.4) is 0 Å². The predicted octanol–water partition coefficient (Wildman–Crippen LogP) is 5.24. The zero-order valence-corrected chi connectivity index (χ0v) is 11.3. The normalized spacial score (nSPS) is 11.8. The Balaban J connectivity index is 3.05. The molecule has 0 spiro atoms. The lowest BCUT2D eigenvalue weighted by Crippen LogP contribution is -2.25. The third-order valence-corrected chi connectivity index (χ3v) is 4.08. The van der Waals surface area contributed by atoms with E-state index in [9.17, 15) is 0 Å². The number of rotatable bonds is 6. The molecule has 0 atom stereocenters. The van der Waals surface area contributed by atoms with Crippen molar-refractivity contribution < 1.29 is 0 Å². The highest BCUT2D eigenvalue weighted by Gasteiger charge is 2.28. The van der Waals surface area contributed by atoms with Gasteiger partial charge in [-0.1, -0.05) is 57.9 Å². The molecule has 0 aliphatic carbocycles. The molecule has 0 saturated carbocycles. The van der Waals surface area contributed by atoms with Crippen molar-refractivity contribution in [3.05, 3.63) is 35.4 Å². The van der Waals surface area contributed by atoms with Crippen LogP contribution in [0.4, 0.5) is 0 Å². The molecule has 0 heteroatoms. The van der Waals surface area contributed by atoms with E-state index < -0.39 is 0 Å². The number of hydrogen-bond donors (Lipinski definition) is 0. The molecule has 0 fully saturated rings. The third-order valence-electron chi connectivity index (χ3n) is 4.08. The molecule has 16 heavy (non-hydrogen) atoms. The molecule has 0 radical (unpaired) electrons. The van der Waals surface area contributed by atoms with Crippen LogP contribution >= 0.6 is 0 Å². The van der Waals surface area contributed by atoms with Gasteiger partial charge < -0.3 is 0 Å². The zero-order chi connectivity index (χ0) is 12.0. The second kappa shape index (κ2) is 6.08. The maximum Gasteiger partial charge on any atom is -0.00496 e. The first-order valence-electron chi connectivity index (χ1n) is 6.76. The van der Waals surface area contributed by atoms with Crippen LogP contribution in [-0.4, -0.2) is 0 Å². The van der Waals surface area contributed by atoms with E-state index in [4.69, 9.17) is 0 Å². The maximum atomic E-state index is 2.34. The second-order valence-corrected chi connectivity index (χ2v) is 4.91. The average Bonchev–Trinajstić information content (AvgIpc) is 2.33. The van der Waals surface area contributed by atoms with Gasteiger partial charge in [0.05, 0.1) is 0 Å². The molecule has 1 rings (SSSR count). The van der Waals surface area contributed by atoms with Crippen molar-refractivity contribution in [2.75, 3.05) is 0 Å². The van der Waals surface area contributed by atoms with E-state index in [1.54, 1.807) is 5.56 Å². The van der Waals surface area contributed by atoms with Gasteiger partial charge in [-0.05, 0) is 42.7 Å². The molecule has 0 amide bonds. The van der Waals surface area contributed by atoms with E-state index in [-0.39, 0.29) is 0 Å². The summed E-state index contributed by atoms with van der Waals surface area (Å²) >= 11 is 0. The fraction of sp³-hybridized carbons (Fsp3) is 0.625. The molecule has 90 valence electrons. The summed E-state index contributed by atoms with van der Waals surface area (Å²) in [7, 11) is 0. The van der Waals surface area contributed by atoms with Gasteiger partial charge in [-0.15, -0.1) is 0 Å². The molecule has 0 unspecified atom stereocenters. The van der Waals surface area contributed by atoms with Crippen LogP contribution < -0.4 is 0 Å². The second-order valence-electron chi connectivity index (χ2n) is 4.91. The van der Waals surface area contributed by atoms with E-state index in [0.717, 1.165) is 0 Å². The Morgan fingerprint density at radius 1 is 1.00 bits per heavy atom. The van der Waals surface area contributed by atoms with Gasteiger partial charge in [0, 0.05) is 0 Å². The quantitative estimate of drug-likeness (QED) is 0.612.